The summed E-state index contributed by atoms with van der Waals surface area (Å²) in [4.78, 5) is 10.9. The maximum absolute atomic E-state index is 10.9. The summed E-state index contributed by atoms with van der Waals surface area (Å²) in [6, 6.07) is 2.18. The molecule has 0 aliphatic carbocycles. The molecule has 0 aromatic heterocycles. The van der Waals surface area contributed by atoms with Gasteiger partial charge in [-0.05, 0) is 12.1 Å². The molecule has 0 saturated heterocycles. The molecule has 18 heavy (non-hydrogen) atoms. The summed E-state index contributed by atoms with van der Waals surface area (Å²) < 4.78 is 14.3. The van der Waals surface area contributed by atoms with Crippen molar-refractivity contribution in [2.75, 3.05) is 20.4 Å². The van der Waals surface area contributed by atoms with Crippen LogP contribution in [-0.2, 0) is 0 Å². The van der Waals surface area contributed by atoms with E-state index in [1.54, 1.807) is 0 Å². The first-order chi connectivity index (χ1) is 8.63. The molecule has 0 aliphatic rings. The number of carbonyl (C=O) groups is 1. The molecule has 1 aromatic carbocycles. The molecule has 0 amide bonds. The van der Waals surface area contributed by atoms with Gasteiger partial charge in [-0.1, -0.05) is 0 Å². The highest BCUT2D eigenvalue weighted by atomic mass is 16.6. The van der Waals surface area contributed by atoms with Crippen LogP contribution in [-0.4, -0.2) is 46.8 Å². The van der Waals surface area contributed by atoms with E-state index in [1.807, 2.05) is 0 Å². The van der Waals surface area contributed by atoms with E-state index in [0.717, 1.165) is 12.1 Å². The van der Waals surface area contributed by atoms with Gasteiger partial charge >= 0.3 is 5.97 Å². The zero-order chi connectivity index (χ0) is 13.5. The van der Waals surface area contributed by atoms with Crippen LogP contribution in [0.25, 0.3) is 0 Å². The predicted molar refractivity (Wildman–Crippen MR) is 56.5 cm³/mol. The number of benzene rings is 1. The van der Waals surface area contributed by atoms with Gasteiger partial charge in [0.2, 0.25) is 5.75 Å². The third-order valence-corrected chi connectivity index (χ3v) is 1.92. The highest BCUT2D eigenvalue weighted by molar-refractivity contribution is 5.89. The van der Waals surface area contributed by atoms with Crippen LogP contribution >= 0.6 is 0 Å². The number of aliphatic hydroxyl groups is 3. The number of ether oxygens (including phenoxy) is 3. The smallest absolute Gasteiger partial charge is 0.335 e. The first-order valence-corrected chi connectivity index (χ1v) is 4.76. The summed E-state index contributed by atoms with van der Waals surface area (Å²) >= 11 is 0. The van der Waals surface area contributed by atoms with Gasteiger partial charge in [0, 0.05) is 0 Å². The standard InChI is InChI=1S/C10H12O8/c11-3-16-7-1-6(10(14)15)2-8(17-4-12)9(7)18-5-13/h1-2,11-13H,3-5H2,(H,14,15). The Labute approximate surface area is 102 Å². The molecule has 8 nitrogen and oxygen atoms in total. The molecule has 0 unspecified atom stereocenters. The van der Waals surface area contributed by atoms with Crippen LogP contribution in [0.5, 0.6) is 17.2 Å². The zero-order valence-electron chi connectivity index (χ0n) is 9.20. The van der Waals surface area contributed by atoms with Crippen molar-refractivity contribution in [2.45, 2.75) is 0 Å². The number of aromatic carboxylic acids is 1. The van der Waals surface area contributed by atoms with Crippen molar-refractivity contribution in [2.24, 2.45) is 0 Å². The number of rotatable bonds is 7. The lowest BCUT2D eigenvalue weighted by atomic mass is 10.2. The van der Waals surface area contributed by atoms with Gasteiger partial charge in [0.25, 0.3) is 0 Å². The molecular weight excluding hydrogens is 248 g/mol. The molecule has 0 heterocycles. The zero-order valence-corrected chi connectivity index (χ0v) is 9.20. The summed E-state index contributed by atoms with van der Waals surface area (Å²) in [7, 11) is 0. The predicted octanol–water partition coefficient (Wildman–Crippen LogP) is -0.629. The van der Waals surface area contributed by atoms with Gasteiger partial charge in [-0.25, -0.2) is 4.79 Å². The van der Waals surface area contributed by atoms with E-state index in [4.69, 9.17) is 34.6 Å². The quantitative estimate of drug-likeness (QED) is 0.477. The second kappa shape index (κ2) is 6.64. The number of hydrogen-bond donors (Lipinski definition) is 4. The van der Waals surface area contributed by atoms with Gasteiger partial charge in [-0.3, -0.25) is 0 Å². The van der Waals surface area contributed by atoms with Crippen LogP contribution in [0.1, 0.15) is 10.4 Å². The summed E-state index contributed by atoms with van der Waals surface area (Å²) in [5, 5.41) is 34.9. The Morgan fingerprint density at radius 3 is 1.72 bits per heavy atom. The number of carboxylic acids is 1. The van der Waals surface area contributed by atoms with Gasteiger partial charge in [-0.15, -0.1) is 0 Å². The van der Waals surface area contributed by atoms with Crippen LogP contribution in [0.2, 0.25) is 0 Å². The average Bonchev–Trinajstić information content (AvgIpc) is 2.33. The lowest BCUT2D eigenvalue weighted by Crippen LogP contribution is -2.07. The van der Waals surface area contributed by atoms with Crippen molar-refractivity contribution in [3.63, 3.8) is 0 Å². The molecule has 4 N–H and O–H groups in total. The Hall–Kier alpha value is -2.03. The van der Waals surface area contributed by atoms with Gasteiger partial charge in [0.1, 0.15) is 0 Å². The topological polar surface area (TPSA) is 126 Å². The van der Waals surface area contributed by atoms with Crippen LogP contribution in [0.15, 0.2) is 12.1 Å². The number of carboxylic acid groups (broad SMARTS) is 1. The van der Waals surface area contributed by atoms with Gasteiger partial charge < -0.3 is 34.6 Å². The fraction of sp³-hybridized carbons (Fsp3) is 0.300. The summed E-state index contributed by atoms with van der Waals surface area (Å²) in [5.74, 6) is -1.63. The molecule has 8 heteroatoms. The summed E-state index contributed by atoms with van der Waals surface area (Å²) in [6.07, 6.45) is 0. The van der Waals surface area contributed by atoms with E-state index in [9.17, 15) is 4.79 Å². The van der Waals surface area contributed by atoms with Crippen molar-refractivity contribution in [3.8, 4) is 17.2 Å². The van der Waals surface area contributed by atoms with E-state index in [1.165, 1.54) is 0 Å². The van der Waals surface area contributed by atoms with E-state index in [0.29, 0.717) is 0 Å². The first kappa shape index (κ1) is 14.0. The van der Waals surface area contributed by atoms with Gasteiger partial charge in [0.05, 0.1) is 5.56 Å². The van der Waals surface area contributed by atoms with Crippen molar-refractivity contribution < 1.29 is 39.4 Å². The number of aliphatic hydroxyl groups excluding tert-OH is 3. The van der Waals surface area contributed by atoms with Gasteiger partial charge in [-0.2, -0.15) is 0 Å². The Morgan fingerprint density at radius 2 is 1.39 bits per heavy atom. The highest BCUT2D eigenvalue weighted by Crippen LogP contribution is 2.38. The molecule has 0 saturated carbocycles. The van der Waals surface area contributed by atoms with Crippen molar-refractivity contribution in [3.05, 3.63) is 17.7 Å². The molecule has 100 valence electrons. The molecule has 0 aliphatic heterocycles. The van der Waals surface area contributed by atoms with Crippen molar-refractivity contribution in [1.82, 2.24) is 0 Å². The van der Waals surface area contributed by atoms with E-state index >= 15 is 0 Å². The Morgan fingerprint density at radius 1 is 0.944 bits per heavy atom. The minimum atomic E-state index is -1.25. The summed E-state index contributed by atoms with van der Waals surface area (Å²) in [5.41, 5.74) is -0.188. The van der Waals surface area contributed by atoms with Gasteiger partial charge in [0.15, 0.2) is 31.9 Å². The first-order valence-electron chi connectivity index (χ1n) is 4.76. The molecule has 0 bridgehead atoms. The Kier molecular flexibility index (Phi) is 5.18. The second-order valence-electron chi connectivity index (χ2n) is 2.93. The minimum Gasteiger partial charge on any atom is -0.478 e. The third kappa shape index (κ3) is 3.23. The summed E-state index contributed by atoms with van der Waals surface area (Å²) in [6.45, 7) is -2.15. The van der Waals surface area contributed by atoms with E-state index in [-0.39, 0.29) is 22.8 Å². The largest absolute Gasteiger partial charge is 0.478 e. The highest BCUT2D eigenvalue weighted by Gasteiger charge is 2.18. The average molecular weight is 260 g/mol. The molecule has 0 radical (unpaired) electrons. The van der Waals surface area contributed by atoms with Crippen molar-refractivity contribution >= 4 is 5.97 Å². The molecule has 1 rings (SSSR count). The molecular formula is C10H12O8. The number of hydrogen-bond acceptors (Lipinski definition) is 7. The minimum absolute atomic E-state index is 0.120. The Bertz CT molecular complexity index is 389. The Balaban J connectivity index is 3.28. The van der Waals surface area contributed by atoms with E-state index < -0.39 is 26.3 Å². The molecule has 0 spiro atoms. The van der Waals surface area contributed by atoms with Crippen LogP contribution in [0.3, 0.4) is 0 Å². The normalized spacial score (nSPS) is 9.94. The maximum Gasteiger partial charge on any atom is 0.335 e. The SMILES string of the molecule is O=C(O)c1cc(OCO)c(OCO)c(OCO)c1. The van der Waals surface area contributed by atoms with Crippen LogP contribution in [0, 0.1) is 0 Å². The monoisotopic (exact) mass is 260 g/mol. The molecule has 0 atom stereocenters. The lowest BCUT2D eigenvalue weighted by molar-refractivity contribution is 0.0599. The fourth-order valence-electron chi connectivity index (χ4n) is 1.26. The second-order valence-corrected chi connectivity index (χ2v) is 2.93. The van der Waals surface area contributed by atoms with Crippen LogP contribution < -0.4 is 14.2 Å². The maximum atomic E-state index is 10.9. The lowest BCUT2D eigenvalue weighted by Gasteiger charge is -2.15. The fourth-order valence-corrected chi connectivity index (χ4v) is 1.26. The third-order valence-electron chi connectivity index (χ3n) is 1.92. The van der Waals surface area contributed by atoms with E-state index in [2.05, 4.69) is 0 Å². The molecule has 1 aromatic rings. The van der Waals surface area contributed by atoms with Crippen LogP contribution in [0.4, 0.5) is 0 Å². The molecule has 0 fully saturated rings. The van der Waals surface area contributed by atoms with Crippen molar-refractivity contribution in [1.29, 1.82) is 0 Å².